The van der Waals surface area contributed by atoms with E-state index in [1.165, 1.54) is 0 Å². The zero-order valence-corrected chi connectivity index (χ0v) is 20.0. The van der Waals surface area contributed by atoms with Crippen molar-refractivity contribution in [1.82, 2.24) is 4.90 Å². The number of hydrogen-bond acceptors (Lipinski definition) is 4. The van der Waals surface area contributed by atoms with E-state index >= 15 is 0 Å². The van der Waals surface area contributed by atoms with Crippen LogP contribution in [0.2, 0.25) is 5.02 Å². The number of nitrogens with zero attached hydrogens (tertiary/aromatic N) is 1. The van der Waals surface area contributed by atoms with Crippen molar-refractivity contribution in [3.8, 4) is 5.75 Å². The highest BCUT2D eigenvalue weighted by Gasteiger charge is 2.42. The maximum atomic E-state index is 13.7. The van der Waals surface area contributed by atoms with Gasteiger partial charge >= 0.3 is 0 Å². The van der Waals surface area contributed by atoms with E-state index in [0.29, 0.717) is 40.5 Å². The van der Waals surface area contributed by atoms with Gasteiger partial charge in [0.1, 0.15) is 11.3 Å². The Morgan fingerprint density at radius 3 is 2.53 bits per heavy atom. The molecule has 5 rings (SSSR count). The fourth-order valence-electron chi connectivity index (χ4n) is 4.48. The van der Waals surface area contributed by atoms with Gasteiger partial charge in [0.2, 0.25) is 5.76 Å². The molecule has 5 nitrogen and oxygen atoms in total. The normalized spacial score (nSPS) is 15.1. The first kappa shape index (κ1) is 22.2. The summed E-state index contributed by atoms with van der Waals surface area (Å²) in [5.74, 6) is 0.451. The van der Waals surface area contributed by atoms with E-state index in [1.807, 2.05) is 69.3 Å². The standard InChI is InChI=1S/C28H24ClNO4/c1-4-33-20-7-5-6-19(13-20)25-24-26(31)21-14-22(29)17(3)12-23(21)34-27(24)28(32)30(25)15-18-10-8-16(2)9-11-18/h5-14,25H,4,15H2,1-3H3. The summed E-state index contributed by atoms with van der Waals surface area (Å²) >= 11 is 6.32. The van der Waals surface area contributed by atoms with Crippen molar-refractivity contribution in [3.63, 3.8) is 0 Å². The quantitative estimate of drug-likeness (QED) is 0.346. The van der Waals surface area contributed by atoms with Crippen molar-refractivity contribution >= 4 is 28.5 Å². The lowest BCUT2D eigenvalue weighted by Crippen LogP contribution is -2.29. The summed E-state index contributed by atoms with van der Waals surface area (Å²) in [7, 11) is 0. The van der Waals surface area contributed by atoms with Gasteiger partial charge in [-0.1, -0.05) is 53.6 Å². The smallest absolute Gasteiger partial charge is 0.291 e. The summed E-state index contributed by atoms with van der Waals surface area (Å²) in [5, 5.41) is 0.848. The minimum atomic E-state index is -0.607. The summed E-state index contributed by atoms with van der Waals surface area (Å²) < 4.78 is 11.8. The van der Waals surface area contributed by atoms with Gasteiger partial charge in [0, 0.05) is 11.6 Å². The van der Waals surface area contributed by atoms with Crippen LogP contribution in [0, 0.1) is 13.8 Å². The Balaban J connectivity index is 1.72. The maximum Gasteiger partial charge on any atom is 0.291 e. The fourth-order valence-corrected chi connectivity index (χ4v) is 4.65. The van der Waals surface area contributed by atoms with E-state index in [1.54, 1.807) is 17.0 Å². The molecule has 34 heavy (non-hydrogen) atoms. The van der Waals surface area contributed by atoms with E-state index < -0.39 is 6.04 Å². The van der Waals surface area contributed by atoms with Gasteiger partial charge in [0.25, 0.3) is 5.91 Å². The minimum Gasteiger partial charge on any atom is -0.494 e. The van der Waals surface area contributed by atoms with Crippen LogP contribution >= 0.6 is 11.6 Å². The fraction of sp³-hybridized carbons (Fsp3) is 0.214. The van der Waals surface area contributed by atoms with Crippen LogP contribution in [0.5, 0.6) is 5.75 Å². The predicted octanol–water partition coefficient (Wildman–Crippen LogP) is 6.21. The highest BCUT2D eigenvalue weighted by Crippen LogP contribution is 2.40. The van der Waals surface area contributed by atoms with Gasteiger partial charge in [-0.3, -0.25) is 9.59 Å². The lowest BCUT2D eigenvalue weighted by molar-refractivity contribution is 0.0714. The van der Waals surface area contributed by atoms with Crippen LogP contribution in [0.15, 0.2) is 69.9 Å². The molecular formula is C28H24ClNO4. The first-order valence-electron chi connectivity index (χ1n) is 11.2. The molecule has 0 fully saturated rings. The Bertz CT molecular complexity index is 1470. The van der Waals surface area contributed by atoms with Gasteiger partial charge in [0.15, 0.2) is 5.43 Å². The molecule has 1 aliphatic heterocycles. The number of halogens is 1. The molecule has 0 saturated carbocycles. The van der Waals surface area contributed by atoms with Gasteiger partial charge in [-0.25, -0.2) is 0 Å². The van der Waals surface area contributed by atoms with Crippen molar-refractivity contribution in [2.75, 3.05) is 6.61 Å². The summed E-state index contributed by atoms with van der Waals surface area (Å²) in [4.78, 5) is 29.1. The first-order chi connectivity index (χ1) is 16.4. The molecule has 1 atom stereocenters. The number of hydrogen-bond donors (Lipinski definition) is 0. The molecule has 1 amide bonds. The van der Waals surface area contributed by atoms with Crippen LogP contribution in [0.1, 0.15) is 51.3 Å². The molecule has 2 heterocycles. The number of amides is 1. The predicted molar refractivity (Wildman–Crippen MR) is 133 cm³/mol. The molecule has 1 aliphatic rings. The average molecular weight is 474 g/mol. The molecule has 3 aromatic carbocycles. The van der Waals surface area contributed by atoms with E-state index in [2.05, 4.69) is 0 Å². The van der Waals surface area contributed by atoms with Crippen LogP contribution in [0.3, 0.4) is 0 Å². The zero-order valence-electron chi connectivity index (χ0n) is 19.2. The Hall–Kier alpha value is -3.57. The van der Waals surface area contributed by atoms with E-state index in [9.17, 15) is 9.59 Å². The monoisotopic (exact) mass is 473 g/mol. The topological polar surface area (TPSA) is 59.8 Å². The lowest BCUT2D eigenvalue weighted by Gasteiger charge is -2.25. The molecule has 172 valence electrons. The van der Waals surface area contributed by atoms with Crippen molar-refractivity contribution in [2.24, 2.45) is 0 Å². The molecule has 0 aliphatic carbocycles. The van der Waals surface area contributed by atoms with Gasteiger partial charge < -0.3 is 14.1 Å². The van der Waals surface area contributed by atoms with Crippen molar-refractivity contribution in [2.45, 2.75) is 33.4 Å². The molecular weight excluding hydrogens is 450 g/mol. The molecule has 0 N–H and O–H groups in total. The Morgan fingerprint density at radius 1 is 1.03 bits per heavy atom. The molecule has 4 aromatic rings. The number of carbonyl (C=O) groups excluding carboxylic acids is 1. The molecule has 0 bridgehead atoms. The van der Waals surface area contributed by atoms with Gasteiger partial charge in [-0.05, 0) is 61.7 Å². The van der Waals surface area contributed by atoms with Crippen molar-refractivity contribution < 1.29 is 13.9 Å². The SMILES string of the molecule is CCOc1cccc(C2c3c(oc4cc(C)c(Cl)cc4c3=O)C(=O)N2Cc2ccc(C)cc2)c1. The third-order valence-electron chi connectivity index (χ3n) is 6.21. The van der Waals surface area contributed by atoms with E-state index in [0.717, 1.165) is 22.3 Å². The Morgan fingerprint density at radius 2 is 1.79 bits per heavy atom. The van der Waals surface area contributed by atoms with Gasteiger partial charge in [-0.2, -0.15) is 0 Å². The summed E-state index contributed by atoms with van der Waals surface area (Å²) in [6, 6.07) is 18.3. The summed E-state index contributed by atoms with van der Waals surface area (Å²) in [6.07, 6.45) is 0. The maximum absolute atomic E-state index is 13.7. The second-order valence-electron chi connectivity index (χ2n) is 8.60. The molecule has 0 radical (unpaired) electrons. The third kappa shape index (κ3) is 3.76. The summed E-state index contributed by atoms with van der Waals surface area (Å²) in [5.41, 5.74) is 4.11. The van der Waals surface area contributed by atoms with Crippen molar-refractivity contribution in [1.29, 1.82) is 0 Å². The van der Waals surface area contributed by atoms with Gasteiger partial charge in [0.05, 0.1) is 23.6 Å². The van der Waals surface area contributed by atoms with Crippen LogP contribution in [-0.4, -0.2) is 17.4 Å². The molecule has 1 aromatic heterocycles. The Labute approximate surface area is 202 Å². The van der Waals surface area contributed by atoms with Crippen LogP contribution < -0.4 is 10.2 Å². The number of ether oxygens (including phenoxy) is 1. The van der Waals surface area contributed by atoms with Crippen LogP contribution in [0.25, 0.3) is 11.0 Å². The van der Waals surface area contributed by atoms with E-state index in [-0.39, 0.29) is 17.1 Å². The Kier molecular flexibility index (Phi) is 5.66. The zero-order chi connectivity index (χ0) is 24.0. The number of carbonyl (C=O) groups is 1. The van der Waals surface area contributed by atoms with E-state index in [4.69, 9.17) is 20.8 Å². The molecule has 1 unspecified atom stereocenters. The van der Waals surface area contributed by atoms with Crippen LogP contribution in [0.4, 0.5) is 0 Å². The lowest BCUT2D eigenvalue weighted by atomic mass is 9.97. The van der Waals surface area contributed by atoms with Crippen molar-refractivity contribution in [3.05, 3.63) is 109 Å². The first-order valence-corrected chi connectivity index (χ1v) is 11.6. The number of fused-ring (bicyclic) bond motifs is 2. The molecule has 6 heteroatoms. The van der Waals surface area contributed by atoms with Gasteiger partial charge in [-0.15, -0.1) is 0 Å². The number of aryl methyl sites for hydroxylation is 2. The number of rotatable bonds is 5. The molecule has 0 saturated heterocycles. The average Bonchev–Trinajstić information content (AvgIpc) is 3.09. The van der Waals surface area contributed by atoms with Crippen LogP contribution in [-0.2, 0) is 6.54 Å². The highest BCUT2D eigenvalue weighted by molar-refractivity contribution is 6.32. The second-order valence-corrected chi connectivity index (χ2v) is 9.01. The third-order valence-corrected chi connectivity index (χ3v) is 6.61. The number of benzene rings is 3. The molecule has 0 spiro atoms. The highest BCUT2D eigenvalue weighted by atomic mass is 35.5. The summed E-state index contributed by atoms with van der Waals surface area (Å²) in [6.45, 7) is 6.62. The minimum absolute atomic E-state index is 0.0816. The largest absolute Gasteiger partial charge is 0.494 e. The second kappa shape index (κ2) is 8.65.